The predicted molar refractivity (Wildman–Crippen MR) is 87.0 cm³/mol. The van der Waals surface area contributed by atoms with Crippen LogP contribution in [0.4, 0.5) is 5.69 Å². The first-order valence-corrected chi connectivity index (χ1v) is 7.95. The molecule has 0 aromatic heterocycles. The molecule has 114 valence electrons. The van der Waals surface area contributed by atoms with Crippen LogP contribution in [0.2, 0.25) is 0 Å². The number of anilines is 1. The second-order valence-electron chi connectivity index (χ2n) is 6.53. The molecule has 1 aliphatic carbocycles. The van der Waals surface area contributed by atoms with Crippen LogP contribution in [0.3, 0.4) is 0 Å². The monoisotopic (exact) mass is 295 g/mol. The van der Waals surface area contributed by atoms with E-state index in [9.17, 15) is 10.2 Å². The minimum absolute atomic E-state index is 0.202. The first-order valence-electron chi connectivity index (χ1n) is 7.95. The van der Waals surface area contributed by atoms with Gasteiger partial charge in [0.05, 0.1) is 12.6 Å². The Kier molecular flexibility index (Phi) is 3.21. The molecule has 3 nitrogen and oxygen atoms in total. The minimum Gasteiger partial charge on any atom is -0.394 e. The van der Waals surface area contributed by atoms with Crippen molar-refractivity contribution in [2.24, 2.45) is 0 Å². The van der Waals surface area contributed by atoms with E-state index in [1.165, 1.54) is 24.1 Å². The second kappa shape index (κ2) is 5.11. The maximum absolute atomic E-state index is 10.5. The smallest absolute Gasteiger partial charge is 0.101 e. The molecular weight excluding hydrogens is 274 g/mol. The Morgan fingerprint density at radius 2 is 1.68 bits per heavy atom. The second-order valence-corrected chi connectivity index (χ2v) is 6.53. The lowest BCUT2D eigenvalue weighted by Gasteiger charge is -2.34. The summed E-state index contributed by atoms with van der Waals surface area (Å²) in [5.74, 6) is 0. The van der Waals surface area contributed by atoms with Crippen molar-refractivity contribution < 1.29 is 10.2 Å². The van der Waals surface area contributed by atoms with Gasteiger partial charge in [0, 0.05) is 17.6 Å². The van der Waals surface area contributed by atoms with Gasteiger partial charge in [0.15, 0.2) is 0 Å². The van der Waals surface area contributed by atoms with Gasteiger partial charge in [0.2, 0.25) is 0 Å². The van der Waals surface area contributed by atoms with E-state index in [0.29, 0.717) is 0 Å². The van der Waals surface area contributed by atoms with Crippen molar-refractivity contribution in [3.63, 3.8) is 0 Å². The zero-order valence-corrected chi connectivity index (χ0v) is 12.5. The number of nitrogens with zero attached hydrogens (tertiary/aromatic N) is 1. The molecule has 0 saturated heterocycles. The van der Waals surface area contributed by atoms with E-state index in [-0.39, 0.29) is 18.1 Å². The Labute approximate surface area is 130 Å². The third-order valence-corrected chi connectivity index (χ3v) is 5.14. The van der Waals surface area contributed by atoms with Crippen LogP contribution in [-0.4, -0.2) is 29.5 Å². The predicted octanol–water partition coefficient (Wildman–Crippen LogP) is 2.63. The molecule has 0 bridgehead atoms. The Morgan fingerprint density at radius 1 is 1.00 bits per heavy atom. The Hall–Kier alpha value is -1.84. The van der Waals surface area contributed by atoms with Gasteiger partial charge in [-0.05, 0) is 30.0 Å². The number of benzene rings is 2. The van der Waals surface area contributed by atoms with Crippen LogP contribution < -0.4 is 4.90 Å². The molecule has 3 heteroatoms. The summed E-state index contributed by atoms with van der Waals surface area (Å²) in [6.07, 6.45) is 1.65. The largest absolute Gasteiger partial charge is 0.394 e. The first kappa shape index (κ1) is 13.8. The number of aliphatic hydroxyl groups excluding tert-OH is 2. The van der Waals surface area contributed by atoms with Crippen LogP contribution in [0.15, 0.2) is 54.6 Å². The fourth-order valence-corrected chi connectivity index (χ4v) is 3.86. The molecule has 0 unspecified atom stereocenters. The molecule has 0 amide bonds. The Morgan fingerprint density at radius 3 is 2.36 bits per heavy atom. The van der Waals surface area contributed by atoms with Gasteiger partial charge >= 0.3 is 0 Å². The number of aliphatic hydroxyl groups is 2. The van der Waals surface area contributed by atoms with Crippen LogP contribution in [-0.2, 0) is 5.41 Å². The molecule has 0 radical (unpaired) electrons. The molecule has 1 spiro atoms. The quantitative estimate of drug-likeness (QED) is 0.911. The number of fused-ring (bicyclic) bond motifs is 2. The minimum atomic E-state index is -0.788. The van der Waals surface area contributed by atoms with Gasteiger partial charge in [-0.2, -0.15) is 0 Å². The van der Waals surface area contributed by atoms with Gasteiger partial charge in [-0.1, -0.05) is 48.5 Å². The van der Waals surface area contributed by atoms with E-state index in [0.717, 1.165) is 12.1 Å². The van der Waals surface area contributed by atoms with Crippen LogP contribution in [0.1, 0.15) is 30.0 Å². The van der Waals surface area contributed by atoms with E-state index >= 15 is 0 Å². The zero-order valence-electron chi connectivity index (χ0n) is 12.5. The highest BCUT2D eigenvalue weighted by atomic mass is 16.3. The normalized spacial score (nSPS) is 20.7. The third-order valence-electron chi connectivity index (χ3n) is 5.14. The average Bonchev–Trinajstić information content (AvgIpc) is 3.28. The highest BCUT2D eigenvalue weighted by molar-refractivity contribution is 5.66. The van der Waals surface area contributed by atoms with Crippen LogP contribution >= 0.6 is 0 Å². The van der Waals surface area contributed by atoms with E-state index < -0.39 is 6.10 Å². The lowest BCUT2D eigenvalue weighted by Crippen LogP contribution is -2.38. The molecule has 1 aliphatic heterocycles. The van der Waals surface area contributed by atoms with Gasteiger partial charge in [-0.3, -0.25) is 0 Å². The summed E-state index contributed by atoms with van der Waals surface area (Å²) in [5, 5.41) is 20.0. The van der Waals surface area contributed by atoms with E-state index in [2.05, 4.69) is 29.2 Å². The summed E-state index contributed by atoms with van der Waals surface area (Å²) < 4.78 is 0. The summed E-state index contributed by atoms with van der Waals surface area (Å²) in [7, 11) is 0. The van der Waals surface area contributed by atoms with Crippen molar-refractivity contribution in [1.82, 2.24) is 0 Å². The lowest BCUT2D eigenvalue weighted by atomic mass is 9.99. The maximum Gasteiger partial charge on any atom is 0.101 e. The molecule has 2 aromatic carbocycles. The number of hydrogen-bond acceptors (Lipinski definition) is 3. The van der Waals surface area contributed by atoms with E-state index in [4.69, 9.17) is 0 Å². The number of para-hydroxylation sites is 1. The molecule has 4 rings (SSSR count). The van der Waals surface area contributed by atoms with Crippen LogP contribution in [0.5, 0.6) is 0 Å². The van der Waals surface area contributed by atoms with Crippen molar-refractivity contribution in [3.05, 3.63) is 65.7 Å². The zero-order chi connectivity index (χ0) is 15.2. The van der Waals surface area contributed by atoms with Gasteiger partial charge in [0.1, 0.15) is 6.10 Å². The fraction of sp³-hybridized carbons (Fsp3) is 0.368. The highest BCUT2D eigenvalue weighted by Gasteiger charge is 2.53. The number of hydrogen-bond donors (Lipinski definition) is 2. The topological polar surface area (TPSA) is 43.7 Å². The van der Waals surface area contributed by atoms with Crippen molar-refractivity contribution in [2.45, 2.75) is 30.4 Å². The summed E-state index contributed by atoms with van der Waals surface area (Å²) in [6, 6.07) is 18.3. The van der Waals surface area contributed by atoms with Crippen LogP contribution in [0, 0.1) is 0 Å². The summed E-state index contributed by atoms with van der Waals surface area (Å²) in [5.41, 5.74) is 3.94. The molecule has 22 heavy (non-hydrogen) atoms. The third kappa shape index (κ3) is 2.04. The van der Waals surface area contributed by atoms with Gasteiger partial charge in [-0.15, -0.1) is 0 Å². The molecule has 2 aromatic rings. The average molecular weight is 295 g/mol. The molecule has 1 fully saturated rings. The first-order chi connectivity index (χ1) is 10.7. The summed E-state index contributed by atoms with van der Waals surface area (Å²) >= 11 is 0. The summed E-state index contributed by atoms with van der Waals surface area (Å²) in [6.45, 7) is 0.703. The molecule has 1 heterocycles. The molecule has 2 atom stereocenters. The lowest BCUT2D eigenvalue weighted by molar-refractivity contribution is 0.0713. The van der Waals surface area contributed by atoms with Gasteiger partial charge in [0.25, 0.3) is 0 Å². The maximum atomic E-state index is 10.5. The highest BCUT2D eigenvalue weighted by Crippen LogP contribution is 2.58. The van der Waals surface area contributed by atoms with Crippen LogP contribution in [0.25, 0.3) is 0 Å². The molecular formula is C19H21NO2. The van der Waals surface area contributed by atoms with E-state index in [1.54, 1.807) is 0 Å². The van der Waals surface area contributed by atoms with Crippen molar-refractivity contribution in [2.75, 3.05) is 18.1 Å². The molecule has 1 saturated carbocycles. The Balaban J connectivity index is 1.78. The Bertz CT molecular complexity index is 666. The van der Waals surface area contributed by atoms with Gasteiger partial charge < -0.3 is 15.1 Å². The fourth-order valence-electron chi connectivity index (χ4n) is 3.86. The summed E-state index contributed by atoms with van der Waals surface area (Å²) in [4.78, 5) is 2.29. The van der Waals surface area contributed by atoms with Crippen molar-refractivity contribution in [1.29, 1.82) is 0 Å². The number of rotatable bonds is 4. The van der Waals surface area contributed by atoms with Gasteiger partial charge in [-0.25, -0.2) is 0 Å². The molecule has 2 N–H and O–H groups in total. The van der Waals surface area contributed by atoms with Crippen molar-refractivity contribution in [3.8, 4) is 0 Å². The van der Waals surface area contributed by atoms with Crippen molar-refractivity contribution >= 4 is 5.69 Å². The van der Waals surface area contributed by atoms with E-state index in [1.807, 2.05) is 30.3 Å². The standard InChI is InChI=1S/C19H21NO2/c21-12-17(22)18(14-6-2-1-3-7-14)20-13-19(10-11-19)15-8-4-5-9-16(15)20/h1-9,17-18,21-22H,10-13H2/t17-,18+/m1/s1. The molecule has 2 aliphatic rings. The SMILES string of the molecule is OC[C@@H](O)[C@H](c1ccccc1)N1CC2(CC2)c2ccccc21.